The minimum atomic E-state index is -0.301. The molecule has 0 aliphatic rings. The van der Waals surface area contributed by atoms with Gasteiger partial charge < -0.3 is 9.73 Å². The zero-order valence-electron chi connectivity index (χ0n) is 14.8. The van der Waals surface area contributed by atoms with E-state index in [4.69, 9.17) is 39.2 Å². The molecule has 0 aliphatic heterocycles. The quantitative estimate of drug-likeness (QED) is 0.342. The number of halogens is 3. The number of carbonyl (C=O) groups is 1. The van der Waals surface area contributed by atoms with Crippen LogP contribution in [0.15, 0.2) is 71.2 Å². The molecule has 144 valence electrons. The summed E-state index contributed by atoms with van der Waals surface area (Å²) in [7, 11) is 0. The number of amides is 1. The first-order chi connectivity index (χ1) is 14.0. The summed E-state index contributed by atoms with van der Waals surface area (Å²) in [5.74, 6) is 0.160. The summed E-state index contributed by atoms with van der Waals surface area (Å²) >= 11 is 18.0. The molecule has 1 heterocycles. The van der Waals surface area contributed by atoms with E-state index in [0.29, 0.717) is 43.3 Å². The Morgan fingerprint density at radius 1 is 0.966 bits per heavy atom. The van der Waals surface area contributed by atoms with Crippen molar-refractivity contribution in [1.82, 2.24) is 4.98 Å². The van der Waals surface area contributed by atoms with E-state index < -0.39 is 0 Å². The van der Waals surface area contributed by atoms with E-state index in [9.17, 15) is 4.79 Å². The highest BCUT2D eigenvalue weighted by atomic mass is 35.5. The Kier molecular flexibility index (Phi) is 5.58. The van der Waals surface area contributed by atoms with Crippen molar-refractivity contribution in [2.24, 2.45) is 0 Å². The van der Waals surface area contributed by atoms with Gasteiger partial charge in [-0.3, -0.25) is 4.79 Å². The number of anilines is 1. The van der Waals surface area contributed by atoms with Crippen LogP contribution in [0.5, 0.6) is 0 Å². The molecule has 0 saturated carbocycles. The summed E-state index contributed by atoms with van der Waals surface area (Å²) in [5, 5.41) is 4.40. The van der Waals surface area contributed by atoms with Crippen LogP contribution in [0.4, 0.5) is 5.69 Å². The van der Waals surface area contributed by atoms with Gasteiger partial charge in [-0.2, -0.15) is 0 Å². The second kappa shape index (κ2) is 8.29. The van der Waals surface area contributed by atoms with E-state index in [1.807, 2.05) is 12.1 Å². The SMILES string of the molecule is O=C(/C=C/c1ccc(Cl)cc1Cl)Nc1ccc2nc(-c3cccc(Cl)c3)oc2c1. The van der Waals surface area contributed by atoms with Crippen molar-refractivity contribution < 1.29 is 9.21 Å². The molecule has 0 spiro atoms. The topological polar surface area (TPSA) is 55.1 Å². The molecular weight excluding hydrogens is 431 g/mol. The molecule has 0 atom stereocenters. The zero-order valence-corrected chi connectivity index (χ0v) is 17.1. The molecule has 4 nitrogen and oxygen atoms in total. The normalized spacial score (nSPS) is 11.3. The number of carbonyl (C=O) groups excluding carboxylic acids is 1. The molecule has 7 heteroatoms. The number of hydrogen-bond donors (Lipinski definition) is 1. The number of hydrogen-bond acceptors (Lipinski definition) is 3. The van der Waals surface area contributed by atoms with Gasteiger partial charge in [-0.25, -0.2) is 4.98 Å². The predicted octanol–water partition coefficient (Wildman–Crippen LogP) is 7.11. The van der Waals surface area contributed by atoms with Gasteiger partial charge in [0.1, 0.15) is 5.52 Å². The number of fused-ring (bicyclic) bond motifs is 1. The standard InChI is InChI=1S/C22H13Cl3N2O2/c23-15-3-1-2-14(10-15)22-27-19-8-7-17(12-20(19)29-22)26-21(28)9-5-13-4-6-16(24)11-18(13)25/h1-12H,(H,26,28)/b9-5+. The van der Waals surface area contributed by atoms with Crippen LogP contribution >= 0.6 is 34.8 Å². The van der Waals surface area contributed by atoms with Crippen molar-refractivity contribution in [1.29, 1.82) is 0 Å². The second-order valence-electron chi connectivity index (χ2n) is 6.20. The van der Waals surface area contributed by atoms with Crippen LogP contribution in [0.25, 0.3) is 28.6 Å². The molecule has 0 fully saturated rings. The van der Waals surface area contributed by atoms with Gasteiger partial charge in [0.2, 0.25) is 11.8 Å². The van der Waals surface area contributed by atoms with E-state index in [2.05, 4.69) is 10.3 Å². The molecule has 4 rings (SSSR count). The maximum Gasteiger partial charge on any atom is 0.248 e. The lowest BCUT2D eigenvalue weighted by Gasteiger charge is -2.02. The van der Waals surface area contributed by atoms with Crippen LogP contribution in [0, 0.1) is 0 Å². The molecule has 0 saturated heterocycles. The minimum Gasteiger partial charge on any atom is -0.436 e. The van der Waals surface area contributed by atoms with E-state index in [1.54, 1.807) is 54.6 Å². The summed E-state index contributed by atoms with van der Waals surface area (Å²) in [6.07, 6.45) is 3.02. The lowest BCUT2D eigenvalue weighted by molar-refractivity contribution is -0.111. The summed E-state index contributed by atoms with van der Waals surface area (Å²) in [4.78, 5) is 16.7. The number of benzene rings is 3. The van der Waals surface area contributed by atoms with Crippen molar-refractivity contribution in [3.05, 3.63) is 87.4 Å². The highest BCUT2D eigenvalue weighted by Crippen LogP contribution is 2.28. The third-order valence-corrected chi connectivity index (χ3v) is 4.90. The largest absolute Gasteiger partial charge is 0.436 e. The van der Waals surface area contributed by atoms with E-state index in [-0.39, 0.29) is 5.91 Å². The van der Waals surface area contributed by atoms with Crippen LogP contribution in [0.1, 0.15) is 5.56 Å². The monoisotopic (exact) mass is 442 g/mol. The van der Waals surface area contributed by atoms with Gasteiger partial charge in [-0.05, 0) is 54.1 Å². The molecule has 1 aromatic heterocycles. The van der Waals surface area contributed by atoms with Gasteiger partial charge in [0, 0.05) is 38.5 Å². The Labute approximate surface area is 181 Å². The van der Waals surface area contributed by atoms with Crippen molar-refractivity contribution in [2.75, 3.05) is 5.32 Å². The Balaban J connectivity index is 1.52. The third kappa shape index (κ3) is 4.62. The fraction of sp³-hybridized carbons (Fsp3) is 0. The maximum absolute atomic E-state index is 12.2. The van der Waals surface area contributed by atoms with E-state index >= 15 is 0 Å². The number of rotatable bonds is 4. The van der Waals surface area contributed by atoms with Gasteiger partial charge in [0.05, 0.1) is 0 Å². The molecule has 1 amide bonds. The molecule has 1 N–H and O–H groups in total. The molecule has 4 aromatic rings. The van der Waals surface area contributed by atoms with Crippen molar-refractivity contribution in [3.63, 3.8) is 0 Å². The van der Waals surface area contributed by atoms with Gasteiger partial charge in [0.25, 0.3) is 0 Å². The summed E-state index contributed by atoms with van der Waals surface area (Å²) in [6.45, 7) is 0. The smallest absolute Gasteiger partial charge is 0.248 e. The van der Waals surface area contributed by atoms with Gasteiger partial charge in [0.15, 0.2) is 5.58 Å². The summed E-state index contributed by atoms with van der Waals surface area (Å²) < 4.78 is 5.82. The first-order valence-corrected chi connectivity index (χ1v) is 9.72. The Morgan fingerprint density at radius 3 is 2.59 bits per heavy atom. The highest BCUT2D eigenvalue weighted by Gasteiger charge is 2.10. The fourth-order valence-corrected chi connectivity index (χ4v) is 3.40. The van der Waals surface area contributed by atoms with Crippen LogP contribution in [0.3, 0.4) is 0 Å². The molecule has 0 bridgehead atoms. The number of nitrogens with zero attached hydrogens (tertiary/aromatic N) is 1. The molecule has 29 heavy (non-hydrogen) atoms. The zero-order chi connectivity index (χ0) is 20.4. The molecule has 3 aromatic carbocycles. The molecular formula is C22H13Cl3N2O2. The Hall–Kier alpha value is -2.79. The van der Waals surface area contributed by atoms with Crippen LogP contribution < -0.4 is 5.32 Å². The first kappa shape index (κ1) is 19.5. The summed E-state index contributed by atoms with van der Waals surface area (Å²) in [5.41, 5.74) is 3.30. The van der Waals surface area contributed by atoms with Gasteiger partial charge >= 0.3 is 0 Å². The lowest BCUT2D eigenvalue weighted by atomic mass is 10.2. The molecule has 0 unspecified atom stereocenters. The molecule has 0 aliphatic carbocycles. The average Bonchev–Trinajstić information content (AvgIpc) is 3.11. The van der Waals surface area contributed by atoms with Crippen LogP contribution in [-0.2, 0) is 4.79 Å². The fourth-order valence-electron chi connectivity index (χ4n) is 2.73. The second-order valence-corrected chi connectivity index (χ2v) is 7.48. The third-order valence-electron chi connectivity index (χ3n) is 4.10. The van der Waals surface area contributed by atoms with Gasteiger partial charge in [-0.15, -0.1) is 0 Å². The van der Waals surface area contributed by atoms with Crippen molar-refractivity contribution in [3.8, 4) is 11.5 Å². The lowest BCUT2D eigenvalue weighted by Crippen LogP contribution is -2.07. The Morgan fingerprint density at radius 2 is 1.79 bits per heavy atom. The average molecular weight is 444 g/mol. The van der Waals surface area contributed by atoms with E-state index in [0.717, 1.165) is 5.56 Å². The van der Waals surface area contributed by atoms with Crippen molar-refractivity contribution in [2.45, 2.75) is 0 Å². The van der Waals surface area contributed by atoms with E-state index in [1.165, 1.54) is 6.08 Å². The predicted molar refractivity (Wildman–Crippen MR) is 119 cm³/mol. The van der Waals surface area contributed by atoms with Gasteiger partial charge in [-0.1, -0.05) is 46.9 Å². The number of nitrogens with one attached hydrogen (secondary N) is 1. The van der Waals surface area contributed by atoms with Crippen LogP contribution in [0.2, 0.25) is 15.1 Å². The highest BCUT2D eigenvalue weighted by molar-refractivity contribution is 6.35. The number of oxazole rings is 1. The van der Waals surface area contributed by atoms with Crippen molar-refractivity contribution >= 4 is 63.6 Å². The van der Waals surface area contributed by atoms with Crippen LogP contribution in [-0.4, -0.2) is 10.9 Å². The minimum absolute atomic E-state index is 0.301. The first-order valence-electron chi connectivity index (χ1n) is 8.58. The summed E-state index contributed by atoms with van der Waals surface area (Å²) in [6, 6.07) is 17.6. The molecule has 0 radical (unpaired) electrons. The number of aromatic nitrogens is 1. The maximum atomic E-state index is 12.2. The Bertz CT molecular complexity index is 1250.